The summed E-state index contributed by atoms with van der Waals surface area (Å²) >= 11 is 0. The SMILES string of the molecule is CC(C)C(CNC(=O)CC1(N)CCC1)N1CCN(C)CC1. The van der Waals surface area contributed by atoms with Crippen LogP contribution in [0.5, 0.6) is 0 Å². The van der Waals surface area contributed by atoms with Gasteiger partial charge in [0.15, 0.2) is 0 Å². The van der Waals surface area contributed by atoms with Crippen LogP contribution in [-0.4, -0.2) is 67.1 Å². The van der Waals surface area contributed by atoms with Gasteiger partial charge in [-0.1, -0.05) is 13.8 Å². The first kappa shape index (κ1) is 16.7. The van der Waals surface area contributed by atoms with Crippen LogP contribution in [0.15, 0.2) is 0 Å². The monoisotopic (exact) mass is 296 g/mol. The Morgan fingerprint density at radius 1 is 1.24 bits per heavy atom. The summed E-state index contributed by atoms with van der Waals surface area (Å²) in [6.07, 6.45) is 3.64. The molecule has 0 bridgehead atoms. The van der Waals surface area contributed by atoms with Crippen LogP contribution in [0, 0.1) is 5.92 Å². The number of amides is 1. The van der Waals surface area contributed by atoms with Crippen molar-refractivity contribution in [3.8, 4) is 0 Å². The van der Waals surface area contributed by atoms with E-state index in [1.54, 1.807) is 0 Å². The number of nitrogens with one attached hydrogen (secondary N) is 1. The summed E-state index contributed by atoms with van der Waals surface area (Å²) in [5, 5.41) is 3.12. The maximum Gasteiger partial charge on any atom is 0.221 e. The molecule has 1 unspecified atom stereocenters. The van der Waals surface area contributed by atoms with Crippen molar-refractivity contribution in [2.24, 2.45) is 11.7 Å². The molecule has 0 radical (unpaired) electrons. The Labute approximate surface area is 129 Å². The van der Waals surface area contributed by atoms with Crippen LogP contribution >= 0.6 is 0 Å². The fraction of sp³-hybridized carbons (Fsp3) is 0.938. The van der Waals surface area contributed by atoms with Gasteiger partial charge in [0.25, 0.3) is 0 Å². The fourth-order valence-corrected chi connectivity index (χ4v) is 3.35. The minimum Gasteiger partial charge on any atom is -0.354 e. The number of carbonyl (C=O) groups excluding carboxylic acids is 1. The molecular weight excluding hydrogens is 264 g/mol. The molecular formula is C16H32N4O. The van der Waals surface area contributed by atoms with Crippen molar-refractivity contribution in [1.82, 2.24) is 15.1 Å². The molecule has 1 saturated carbocycles. The smallest absolute Gasteiger partial charge is 0.221 e. The lowest BCUT2D eigenvalue weighted by atomic mass is 9.75. The van der Waals surface area contributed by atoms with E-state index in [1.807, 2.05) is 0 Å². The molecule has 21 heavy (non-hydrogen) atoms. The van der Waals surface area contributed by atoms with Crippen LogP contribution in [0.25, 0.3) is 0 Å². The highest BCUT2D eigenvalue weighted by molar-refractivity contribution is 5.77. The molecule has 0 aromatic rings. The van der Waals surface area contributed by atoms with Gasteiger partial charge in [-0.2, -0.15) is 0 Å². The summed E-state index contributed by atoms with van der Waals surface area (Å²) in [4.78, 5) is 17.0. The second-order valence-electron chi connectivity index (χ2n) is 7.35. The fourth-order valence-electron chi connectivity index (χ4n) is 3.35. The third-order valence-corrected chi connectivity index (χ3v) is 5.15. The summed E-state index contributed by atoms with van der Waals surface area (Å²) in [5.74, 6) is 0.668. The van der Waals surface area contributed by atoms with Gasteiger partial charge in [-0.25, -0.2) is 0 Å². The first-order chi connectivity index (χ1) is 9.89. The topological polar surface area (TPSA) is 61.6 Å². The van der Waals surface area contributed by atoms with Gasteiger partial charge in [-0.05, 0) is 32.2 Å². The summed E-state index contributed by atoms with van der Waals surface area (Å²) in [7, 11) is 2.17. The Hall–Kier alpha value is -0.650. The predicted molar refractivity (Wildman–Crippen MR) is 86.1 cm³/mol. The van der Waals surface area contributed by atoms with Gasteiger partial charge in [0, 0.05) is 50.7 Å². The van der Waals surface area contributed by atoms with Crippen molar-refractivity contribution in [3.05, 3.63) is 0 Å². The zero-order chi connectivity index (χ0) is 15.5. The van der Waals surface area contributed by atoms with Crippen molar-refractivity contribution in [2.45, 2.75) is 51.1 Å². The molecule has 2 fully saturated rings. The van der Waals surface area contributed by atoms with E-state index in [0.717, 1.165) is 45.6 Å². The molecule has 1 heterocycles. The molecule has 2 aliphatic rings. The van der Waals surface area contributed by atoms with Gasteiger partial charge in [0.05, 0.1) is 0 Å². The van der Waals surface area contributed by atoms with E-state index < -0.39 is 0 Å². The zero-order valence-corrected chi connectivity index (χ0v) is 13.9. The predicted octanol–water partition coefficient (Wildman–Crippen LogP) is 0.646. The van der Waals surface area contributed by atoms with E-state index in [0.29, 0.717) is 18.4 Å². The van der Waals surface area contributed by atoms with Crippen LogP contribution in [0.3, 0.4) is 0 Å². The Balaban J connectivity index is 1.78. The molecule has 5 nitrogen and oxygen atoms in total. The van der Waals surface area contributed by atoms with Gasteiger partial charge in [0.1, 0.15) is 0 Å². The molecule has 5 heteroatoms. The quantitative estimate of drug-likeness (QED) is 0.755. The Kier molecular flexibility index (Phi) is 5.63. The first-order valence-corrected chi connectivity index (χ1v) is 8.38. The van der Waals surface area contributed by atoms with E-state index in [1.165, 1.54) is 6.42 Å². The van der Waals surface area contributed by atoms with Crippen molar-refractivity contribution in [2.75, 3.05) is 39.8 Å². The number of likely N-dealkylation sites (N-methyl/N-ethyl adjacent to an activating group) is 1. The molecule has 1 aliphatic heterocycles. The second kappa shape index (κ2) is 7.07. The Morgan fingerprint density at radius 2 is 1.86 bits per heavy atom. The lowest BCUT2D eigenvalue weighted by Gasteiger charge is -2.40. The number of hydrogen-bond acceptors (Lipinski definition) is 4. The van der Waals surface area contributed by atoms with Crippen molar-refractivity contribution < 1.29 is 4.79 Å². The summed E-state index contributed by atoms with van der Waals surface area (Å²) in [6.45, 7) is 9.64. The largest absolute Gasteiger partial charge is 0.354 e. The van der Waals surface area contributed by atoms with E-state index in [4.69, 9.17) is 5.73 Å². The molecule has 0 aromatic heterocycles. The number of nitrogens with two attached hydrogens (primary N) is 1. The van der Waals surface area contributed by atoms with Crippen LogP contribution in [0.1, 0.15) is 39.5 Å². The normalized spacial score (nSPS) is 24.6. The molecule has 0 aromatic carbocycles. The summed E-state index contributed by atoms with van der Waals surface area (Å²) in [5.41, 5.74) is 5.93. The molecule has 1 atom stereocenters. The summed E-state index contributed by atoms with van der Waals surface area (Å²) < 4.78 is 0. The zero-order valence-electron chi connectivity index (χ0n) is 13.9. The van der Waals surface area contributed by atoms with Crippen molar-refractivity contribution >= 4 is 5.91 Å². The molecule has 1 aliphatic carbocycles. The van der Waals surface area contributed by atoms with E-state index in [9.17, 15) is 4.79 Å². The number of hydrogen-bond donors (Lipinski definition) is 2. The molecule has 1 saturated heterocycles. The van der Waals surface area contributed by atoms with Gasteiger partial charge < -0.3 is 16.0 Å². The summed E-state index contributed by atoms with van der Waals surface area (Å²) in [6, 6.07) is 0.428. The maximum atomic E-state index is 12.1. The van der Waals surface area contributed by atoms with Crippen LogP contribution in [-0.2, 0) is 4.79 Å². The maximum absolute atomic E-state index is 12.1. The minimum absolute atomic E-state index is 0.122. The van der Waals surface area contributed by atoms with Crippen LogP contribution in [0.4, 0.5) is 0 Å². The van der Waals surface area contributed by atoms with Gasteiger partial charge >= 0.3 is 0 Å². The highest BCUT2D eigenvalue weighted by Gasteiger charge is 2.35. The highest BCUT2D eigenvalue weighted by Crippen LogP contribution is 2.31. The third-order valence-electron chi connectivity index (χ3n) is 5.15. The van der Waals surface area contributed by atoms with Gasteiger partial charge in [-0.3, -0.25) is 9.69 Å². The number of carbonyl (C=O) groups is 1. The number of piperazine rings is 1. The second-order valence-corrected chi connectivity index (χ2v) is 7.35. The van der Waals surface area contributed by atoms with E-state index in [-0.39, 0.29) is 11.4 Å². The Bertz CT molecular complexity index is 346. The van der Waals surface area contributed by atoms with Crippen molar-refractivity contribution in [1.29, 1.82) is 0 Å². The van der Waals surface area contributed by atoms with Gasteiger partial charge in [-0.15, -0.1) is 0 Å². The average Bonchev–Trinajstić information content (AvgIpc) is 2.39. The number of rotatable bonds is 6. The average molecular weight is 296 g/mol. The molecule has 1 amide bonds. The van der Waals surface area contributed by atoms with Crippen molar-refractivity contribution in [3.63, 3.8) is 0 Å². The van der Waals surface area contributed by atoms with Crippen LogP contribution in [0.2, 0.25) is 0 Å². The van der Waals surface area contributed by atoms with E-state index in [2.05, 4.69) is 36.0 Å². The minimum atomic E-state index is -0.217. The highest BCUT2D eigenvalue weighted by atomic mass is 16.1. The first-order valence-electron chi connectivity index (χ1n) is 8.38. The molecule has 122 valence electrons. The lowest BCUT2D eigenvalue weighted by molar-refractivity contribution is -0.123. The standard InChI is InChI=1S/C16H32N4O/c1-13(2)14(20-9-7-19(3)8-10-20)12-18-15(21)11-16(17)5-4-6-16/h13-14H,4-12,17H2,1-3H3,(H,18,21). The van der Waals surface area contributed by atoms with Gasteiger partial charge in [0.2, 0.25) is 5.91 Å². The van der Waals surface area contributed by atoms with Crippen LogP contribution < -0.4 is 11.1 Å². The third kappa shape index (κ3) is 4.66. The van der Waals surface area contributed by atoms with E-state index >= 15 is 0 Å². The molecule has 0 spiro atoms. The lowest BCUT2D eigenvalue weighted by Crippen LogP contribution is -2.55. The number of nitrogens with zero attached hydrogens (tertiary/aromatic N) is 2. The molecule has 2 rings (SSSR count). The Morgan fingerprint density at radius 3 is 2.33 bits per heavy atom. The molecule has 3 N–H and O–H groups in total.